The molecule has 1 fully saturated rings. The summed E-state index contributed by atoms with van der Waals surface area (Å²) in [4.78, 5) is 28.2. The Morgan fingerprint density at radius 2 is 1.67 bits per heavy atom. The molecule has 0 spiro atoms. The van der Waals surface area contributed by atoms with Crippen molar-refractivity contribution >= 4 is 33.4 Å². The molecule has 1 aliphatic carbocycles. The molecule has 0 radical (unpaired) electrons. The molecule has 2 aromatic rings. The van der Waals surface area contributed by atoms with Crippen molar-refractivity contribution in [1.29, 1.82) is 0 Å². The smallest absolute Gasteiger partial charge is 0.243 e. The van der Waals surface area contributed by atoms with Crippen LogP contribution >= 0.6 is 11.6 Å². The third kappa shape index (κ3) is 7.27. The Kier molecular flexibility index (Phi) is 9.87. The Morgan fingerprint density at radius 3 is 2.25 bits per heavy atom. The van der Waals surface area contributed by atoms with Gasteiger partial charge in [0, 0.05) is 24.7 Å². The van der Waals surface area contributed by atoms with E-state index in [-0.39, 0.29) is 23.4 Å². The number of hydrogen-bond donors (Lipinski definition) is 1. The molecule has 1 N–H and O–H groups in total. The maximum atomic E-state index is 13.5. The summed E-state index contributed by atoms with van der Waals surface area (Å²) in [6.45, 7) is 1.40. The van der Waals surface area contributed by atoms with Crippen molar-refractivity contribution in [2.24, 2.45) is 0 Å². The van der Waals surface area contributed by atoms with Crippen LogP contribution in [0.3, 0.4) is 0 Å². The minimum atomic E-state index is -3.96. The predicted molar refractivity (Wildman–Crippen MR) is 137 cm³/mol. The summed E-state index contributed by atoms with van der Waals surface area (Å²) in [5.74, 6) is -1.19. The fourth-order valence-electron chi connectivity index (χ4n) is 4.40. The lowest BCUT2D eigenvalue weighted by Gasteiger charge is -2.33. The largest absolute Gasteiger partial charge is 0.352 e. The molecule has 7 nitrogen and oxygen atoms in total. The standard InChI is InChI=1S/C26H33ClFN3O4S/c1-3-24(26(33)29-22-7-5-4-6-8-22)31(17-19-9-13-21(28)14-10-19)25(32)18-30(2)36(34,35)23-15-11-20(27)12-16-23/h9-16,22,24H,3-8,17-18H2,1-2H3,(H,29,33)/t24-/m1/s1. The summed E-state index contributed by atoms with van der Waals surface area (Å²) in [5.41, 5.74) is 0.636. The molecule has 2 aromatic carbocycles. The molecule has 1 atom stereocenters. The van der Waals surface area contributed by atoms with Gasteiger partial charge < -0.3 is 10.2 Å². The summed E-state index contributed by atoms with van der Waals surface area (Å²) in [5, 5.41) is 3.47. The van der Waals surface area contributed by atoms with Crippen molar-refractivity contribution in [3.05, 3.63) is 64.9 Å². The number of rotatable bonds is 10. The summed E-state index contributed by atoms with van der Waals surface area (Å²) in [6, 6.07) is 10.6. The Morgan fingerprint density at radius 1 is 1.06 bits per heavy atom. The van der Waals surface area contributed by atoms with Gasteiger partial charge in [-0.1, -0.05) is 49.9 Å². The van der Waals surface area contributed by atoms with E-state index < -0.39 is 34.3 Å². The Hall–Kier alpha value is -2.49. The van der Waals surface area contributed by atoms with Gasteiger partial charge in [-0.15, -0.1) is 0 Å². The second kappa shape index (κ2) is 12.7. The quantitative estimate of drug-likeness (QED) is 0.488. The summed E-state index contributed by atoms with van der Waals surface area (Å²) in [7, 11) is -2.64. The molecule has 10 heteroatoms. The van der Waals surface area contributed by atoms with Gasteiger partial charge in [0.2, 0.25) is 21.8 Å². The van der Waals surface area contributed by atoms with Gasteiger partial charge in [0.05, 0.1) is 11.4 Å². The van der Waals surface area contributed by atoms with Gasteiger partial charge in [-0.25, -0.2) is 12.8 Å². The lowest BCUT2D eigenvalue weighted by atomic mass is 9.95. The number of benzene rings is 2. The van der Waals surface area contributed by atoms with Crippen molar-refractivity contribution in [3.63, 3.8) is 0 Å². The normalized spacial score (nSPS) is 15.5. The molecule has 0 unspecified atom stereocenters. The van der Waals surface area contributed by atoms with Crippen LogP contribution in [0, 0.1) is 5.82 Å². The zero-order valence-corrected chi connectivity index (χ0v) is 22.2. The fourth-order valence-corrected chi connectivity index (χ4v) is 5.65. The Bertz CT molecular complexity index is 1140. The first-order chi connectivity index (χ1) is 17.1. The van der Waals surface area contributed by atoms with Gasteiger partial charge in [0.15, 0.2) is 0 Å². The molecule has 2 amide bonds. The van der Waals surface area contributed by atoms with Crippen LogP contribution in [0.2, 0.25) is 5.02 Å². The van der Waals surface area contributed by atoms with E-state index >= 15 is 0 Å². The monoisotopic (exact) mass is 537 g/mol. The van der Waals surface area contributed by atoms with Gasteiger partial charge >= 0.3 is 0 Å². The van der Waals surface area contributed by atoms with Gasteiger partial charge in [-0.3, -0.25) is 9.59 Å². The van der Waals surface area contributed by atoms with Crippen LogP contribution in [0.1, 0.15) is 51.0 Å². The molecule has 0 saturated heterocycles. The van der Waals surface area contributed by atoms with E-state index in [0.29, 0.717) is 17.0 Å². The third-order valence-corrected chi connectivity index (χ3v) is 8.55. The third-order valence-electron chi connectivity index (χ3n) is 6.48. The summed E-state index contributed by atoms with van der Waals surface area (Å²) in [6.07, 6.45) is 5.39. The number of carbonyl (C=O) groups is 2. The summed E-state index contributed by atoms with van der Waals surface area (Å²) >= 11 is 5.87. The minimum absolute atomic E-state index is 0.00867. The van der Waals surface area contributed by atoms with E-state index in [1.165, 1.54) is 48.3 Å². The number of halogens is 2. The minimum Gasteiger partial charge on any atom is -0.352 e. The number of nitrogens with zero attached hydrogens (tertiary/aromatic N) is 2. The van der Waals surface area contributed by atoms with Crippen molar-refractivity contribution in [3.8, 4) is 0 Å². The van der Waals surface area contributed by atoms with Gasteiger partial charge in [0.25, 0.3) is 0 Å². The highest BCUT2D eigenvalue weighted by molar-refractivity contribution is 7.89. The molecular weight excluding hydrogens is 505 g/mol. The molecule has 1 aliphatic rings. The molecule has 0 heterocycles. The SMILES string of the molecule is CC[C@H](C(=O)NC1CCCCC1)N(Cc1ccc(F)cc1)C(=O)CN(C)S(=O)(=O)c1ccc(Cl)cc1. The molecule has 0 bridgehead atoms. The van der Waals surface area contributed by atoms with E-state index in [2.05, 4.69) is 5.32 Å². The maximum absolute atomic E-state index is 13.5. The lowest BCUT2D eigenvalue weighted by molar-refractivity contribution is -0.141. The van der Waals surface area contributed by atoms with Crippen LogP contribution in [0.4, 0.5) is 4.39 Å². The van der Waals surface area contributed by atoms with Gasteiger partial charge in [-0.2, -0.15) is 4.31 Å². The summed E-state index contributed by atoms with van der Waals surface area (Å²) < 4.78 is 40.5. The highest BCUT2D eigenvalue weighted by atomic mass is 35.5. The van der Waals surface area contributed by atoms with Crippen molar-refractivity contribution in [2.75, 3.05) is 13.6 Å². The van der Waals surface area contributed by atoms with Crippen molar-refractivity contribution in [1.82, 2.24) is 14.5 Å². The van der Waals surface area contributed by atoms with Crippen LogP contribution in [0.15, 0.2) is 53.4 Å². The lowest BCUT2D eigenvalue weighted by Crippen LogP contribution is -2.53. The maximum Gasteiger partial charge on any atom is 0.243 e. The Balaban J connectivity index is 1.82. The number of likely N-dealkylation sites (N-methyl/N-ethyl adjacent to an activating group) is 1. The van der Waals surface area contributed by atoms with E-state index in [0.717, 1.165) is 36.4 Å². The van der Waals surface area contributed by atoms with Gasteiger partial charge in [-0.05, 0) is 61.2 Å². The molecule has 196 valence electrons. The fraction of sp³-hybridized carbons (Fsp3) is 0.462. The van der Waals surface area contributed by atoms with Crippen LogP contribution < -0.4 is 5.32 Å². The number of sulfonamides is 1. The highest BCUT2D eigenvalue weighted by Gasteiger charge is 2.32. The first-order valence-electron chi connectivity index (χ1n) is 12.2. The highest BCUT2D eigenvalue weighted by Crippen LogP contribution is 2.21. The predicted octanol–water partition coefficient (Wildman–Crippen LogP) is 4.36. The van der Waals surface area contributed by atoms with Crippen LogP contribution in [-0.4, -0.2) is 55.1 Å². The zero-order chi connectivity index (χ0) is 26.3. The number of hydrogen-bond acceptors (Lipinski definition) is 4. The van der Waals surface area contributed by atoms with Crippen LogP contribution in [-0.2, 0) is 26.2 Å². The van der Waals surface area contributed by atoms with Crippen molar-refractivity contribution in [2.45, 2.75) is 69.0 Å². The van der Waals surface area contributed by atoms with E-state index in [4.69, 9.17) is 11.6 Å². The van der Waals surface area contributed by atoms with E-state index in [1.54, 1.807) is 12.1 Å². The Labute approximate surface area is 217 Å². The first-order valence-corrected chi connectivity index (χ1v) is 14.0. The number of nitrogens with one attached hydrogen (secondary N) is 1. The molecule has 0 aromatic heterocycles. The second-order valence-electron chi connectivity index (χ2n) is 9.13. The molecule has 36 heavy (non-hydrogen) atoms. The van der Waals surface area contributed by atoms with Crippen molar-refractivity contribution < 1.29 is 22.4 Å². The topological polar surface area (TPSA) is 86.8 Å². The van der Waals surface area contributed by atoms with Crippen LogP contribution in [0.5, 0.6) is 0 Å². The average molecular weight is 538 g/mol. The van der Waals surface area contributed by atoms with Crippen LogP contribution in [0.25, 0.3) is 0 Å². The molecular formula is C26H33ClFN3O4S. The zero-order valence-electron chi connectivity index (χ0n) is 20.6. The number of amides is 2. The van der Waals surface area contributed by atoms with E-state index in [1.807, 2.05) is 6.92 Å². The second-order valence-corrected chi connectivity index (χ2v) is 11.6. The first kappa shape index (κ1) is 28.1. The number of carbonyl (C=O) groups excluding carboxylic acids is 2. The van der Waals surface area contributed by atoms with Gasteiger partial charge in [0.1, 0.15) is 11.9 Å². The van der Waals surface area contributed by atoms with E-state index in [9.17, 15) is 22.4 Å². The molecule has 1 saturated carbocycles. The average Bonchev–Trinajstić information content (AvgIpc) is 2.86. The molecule has 0 aliphatic heterocycles. The molecule has 3 rings (SSSR count).